The van der Waals surface area contributed by atoms with Crippen molar-refractivity contribution in [1.29, 1.82) is 0 Å². The number of fused-ring (bicyclic) bond motifs is 1. The van der Waals surface area contributed by atoms with E-state index in [1.165, 1.54) is 0 Å². The molecule has 4 aromatic rings. The van der Waals surface area contributed by atoms with Gasteiger partial charge in [0.05, 0.1) is 22.9 Å². The predicted octanol–water partition coefficient (Wildman–Crippen LogP) is 2.07. The molecule has 0 aliphatic carbocycles. The molecule has 8 heteroatoms. The molecule has 5 rings (SSSR count). The van der Waals surface area contributed by atoms with Crippen LogP contribution < -0.4 is 16.0 Å². The van der Waals surface area contributed by atoms with Crippen LogP contribution in [0.5, 0.6) is 0 Å². The zero-order valence-electron chi connectivity index (χ0n) is 15.3. The molecule has 1 fully saturated rings. The normalized spacial score (nSPS) is 14.5. The van der Waals surface area contributed by atoms with Crippen molar-refractivity contribution in [2.45, 2.75) is 0 Å². The molecule has 1 saturated heterocycles. The maximum atomic E-state index is 6.11. The molecule has 0 spiro atoms. The predicted molar refractivity (Wildman–Crippen MR) is 110 cm³/mol. The fourth-order valence-electron chi connectivity index (χ4n) is 3.42. The first kappa shape index (κ1) is 16.6. The van der Waals surface area contributed by atoms with Crippen molar-refractivity contribution in [3.63, 3.8) is 0 Å². The second-order valence-electron chi connectivity index (χ2n) is 6.73. The van der Waals surface area contributed by atoms with Gasteiger partial charge in [0.1, 0.15) is 11.5 Å². The summed E-state index contributed by atoms with van der Waals surface area (Å²) in [6.45, 7) is 3.80. The highest BCUT2D eigenvalue weighted by Crippen LogP contribution is 2.27. The summed E-state index contributed by atoms with van der Waals surface area (Å²) in [5.41, 5.74) is 10.2. The standard InChI is InChI=1S/C20H20N8/c21-19-18(20-26-14-3-1-2-4-15(14)27-20)25-16(12-24-19)13-5-6-23-17(11-13)28-9-7-22-8-10-28/h1-6,11-12,22H,7-10H2,(H2,21,24)(H,26,27). The summed E-state index contributed by atoms with van der Waals surface area (Å²) in [4.78, 5) is 23.8. The van der Waals surface area contributed by atoms with E-state index in [1.807, 2.05) is 42.6 Å². The number of benzene rings is 1. The molecule has 140 valence electrons. The Hall–Kier alpha value is -3.52. The van der Waals surface area contributed by atoms with Gasteiger partial charge in [-0.3, -0.25) is 0 Å². The molecule has 0 atom stereocenters. The van der Waals surface area contributed by atoms with E-state index in [0.717, 1.165) is 54.3 Å². The quantitative estimate of drug-likeness (QED) is 0.505. The minimum absolute atomic E-state index is 0.346. The van der Waals surface area contributed by atoms with Gasteiger partial charge in [-0.1, -0.05) is 12.1 Å². The van der Waals surface area contributed by atoms with Crippen molar-refractivity contribution < 1.29 is 0 Å². The van der Waals surface area contributed by atoms with Gasteiger partial charge in [0.25, 0.3) is 0 Å². The van der Waals surface area contributed by atoms with Crippen LogP contribution in [0.2, 0.25) is 0 Å². The number of aromatic amines is 1. The Kier molecular flexibility index (Phi) is 4.10. The van der Waals surface area contributed by atoms with Crippen molar-refractivity contribution in [1.82, 2.24) is 30.2 Å². The number of nitrogens with one attached hydrogen (secondary N) is 2. The van der Waals surface area contributed by atoms with Crippen LogP contribution in [-0.4, -0.2) is 51.1 Å². The van der Waals surface area contributed by atoms with Gasteiger partial charge in [-0.2, -0.15) is 0 Å². The number of para-hydroxylation sites is 2. The third-order valence-corrected chi connectivity index (χ3v) is 4.90. The van der Waals surface area contributed by atoms with E-state index < -0.39 is 0 Å². The Balaban J connectivity index is 1.54. The Morgan fingerprint density at radius 1 is 1.00 bits per heavy atom. The number of aromatic nitrogens is 5. The second-order valence-corrected chi connectivity index (χ2v) is 6.73. The highest BCUT2D eigenvalue weighted by atomic mass is 15.2. The number of nitrogens with zero attached hydrogens (tertiary/aromatic N) is 5. The highest BCUT2D eigenvalue weighted by molar-refractivity contribution is 5.81. The molecule has 0 unspecified atom stereocenters. The molecule has 3 aromatic heterocycles. The summed E-state index contributed by atoms with van der Waals surface area (Å²) >= 11 is 0. The summed E-state index contributed by atoms with van der Waals surface area (Å²) in [5, 5.41) is 3.36. The van der Waals surface area contributed by atoms with Crippen LogP contribution in [0.3, 0.4) is 0 Å². The van der Waals surface area contributed by atoms with Crippen LogP contribution in [0.1, 0.15) is 0 Å². The van der Waals surface area contributed by atoms with E-state index in [9.17, 15) is 0 Å². The Morgan fingerprint density at radius 2 is 1.86 bits per heavy atom. The van der Waals surface area contributed by atoms with Crippen LogP contribution in [-0.2, 0) is 0 Å². The lowest BCUT2D eigenvalue weighted by molar-refractivity contribution is 0.585. The van der Waals surface area contributed by atoms with Gasteiger partial charge in [-0.15, -0.1) is 0 Å². The van der Waals surface area contributed by atoms with Crippen LogP contribution in [0.15, 0.2) is 48.8 Å². The highest BCUT2D eigenvalue weighted by Gasteiger charge is 2.15. The number of imidazole rings is 1. The first-order valence-corrected chi connectivity index (χ1v) is 9.28. The third-order valence-electron chi connectivity index (χ3n) is 4.90. The number of hydrogen-bond acceptors (Lipinski definition) is 7. The Bertz CT molecular complexity index is 1100. The molecule has 0 saturated carbocycles. The van der Waals surface area contributed by atoms with Crippen molar-refractivity contribution in [3.8, 4) is 22.8 Å². The number of rotatable bonds is 3. The van der Waals surface area contributed by atoms with Gasteiger partial charge in [0, 0.05) is 37.9 Å². The zero-order valence-corrected chi connectivity index (χ0v) is 15.3. The van der Waals surface area contributed by atoms with Crippen LogP contribution >= 0.6 is 0 Å². The van der Waals surface area contributed by atoms with Crippen molar-refractivity contribution in [2.75, 3.05) is 36.8 Å². The van der Waals surface area contributed by atoms with Gasteiger partial charge in [0.15, 0.2) is 11.6 Å². The number of pyridine rings is 1. The number of piperazine rings is 1. The lowest BCUT2D eigenvalue weighted by atomic mass is 10.2. The monoisotopic (exact) mass is 372 g/mol. The summed E-state index contributed by atoms with van der Waals surface area (Å²) in [7, 11) is 0. The minimum atomic E-state index is 0.346. The number of hydrogen-bond donors (Lipinski definition) is 3. The van der Waals surface area contributed by atoms with E-state index in [-0.39, 0.29) is 0 Å². The van der Waals surface area contributed by atoms with Crippen molar-refractivity contribution in [2.24, 2.45) is 0 Å². The summed E-state index contributed by atoms with van der Waals surface area (Å²) in [6.07, 6.45) is 3.50. The molecule has 0 radical (unpaired) electrons. The van der Waals surface area contributed by atoms with Gasteiger partial charge in [0.2, 0.25) is 0 Å². The Labute approximate surface area is 161 Å². The zero-order chi connectivity index (χ0) is 18.9. The molecule has 4 N–H and O–H groups in total. The smallest absolute Gasteiger partial charge is 0.161 e. The molecule has 4 heterocycles. The molecular weight excluding hydrogens is 352 g/mol. The summed E-state index contributed by atoms with van der Waals surface area (Å²) in [5.74, 6) is 1.91. The molecule has 0 amide bonds. The molecule has 28 heavy (non-hydrogen) atoms. The largest absolute Gasteiger partial charge is 0.382 e. The van der Waals surface area contributed by atoms with Crippen molar-refractivity contribution >= 4 is 22.7 Å². The van der Waals surface area contributed by atoms with E-state index in [4.69, 9.17) is 10.7 Å². The fourth-order valence-corrected chi connectivity index (χ4v) is 3.42. The number of nitrogens with two attached hydrogens (primary N) is 1. The molecule has 8 nitrogen and oxygen atoms in total. The molecule has 1 aliphatic rings. The lowest BCUT2D eigenvalue weighted by Crippen LogP contribution is -2.43. The average molecular weight is 372 g/mol. The average Bonchev–Trinajstić information content (AvgIpc) is 3.19. The van der Waals surface area contributed by atoms with E-state index in [1.54, 1.807) is 6.20 Å². The molecule has 0 bridgehead atoms. The maximum absolute atomic E-state index is 6.11. The van der Waals surface area contributed by atoms with Crippen LogP contribution in [0.4, 0.5) is 11.6 Å². The first-order chi connectivity index (χ1) is 13.8. The number of nitrogen functional groups attached to an aromatic ring is 1. The van der Waals surface area contributed by atoms with Crippen LogP contribution in [0.25, 0.3) is 33.8 Å². The van der Waals surface area contributed by atoms with E-state index >= 15 is 0 Å². The molecular formula is C20H20N8. The fraction of sp³-hybridized carbons (Fsp3) is 0.200. The SMILES string of the molecule is Nc1ncc(-c2ccnc(N3CCNCC3)c2)nc1-c1nc2ccccc2[nH]1. The van der Waals surface area contributed by atoms with Gasteiger partial charge >= 0.3 is 0 Å². The Morgan fingerprint density at radius 3 is 2.71 bits per heavy atom. The summed E-state index contributed by atoms with van der Waals surface area (Å²) < 4.78 is 0. The van der Waals surface area contributed by atoms with E-state index in [2.05, 4.69) is 30.2 Å². The van der Waals surface area contributed by atoms with Crippen molar-refractivity contribution in [3.05, 3.63) is 48.8 Å². The topological polar surface area (TPSA) is 109 Å². The van der Waals surface area contributed by atoms with Gasteiger partial charge < -0.3 is 20.9 Å². The van der Waals surface area contributed by atoms with Gasteiger partial charge in [-0.05, 0) is 24.3 Å². The first-order valence-electron chi connectivity index (χ1n) is 9.28. The summed E-state index contributed by atoms with van der Waals surface area (Å²) in [6, 6.07) is 11.8. The minimum Gasteiger partial charge on any atom is -0.382 e. The van der Waals surface area contributed by atoms with E-state index in [0.29, 0.717) is 17.3 Å². The third kappa shape index (κ3) is 3.03. The maximum Gasteiger partial charge on any atom is 0.161 e. The molecule has 1 aromatic carbocycles. The molecule has 1 aliphatic heterocycles. The lowest BCUT2D eigenvalue weighted by Gasteiger charge is -2.28. The number of anilines is 2. The van der Waals surface area contributed by atoms with Crippen LogP contribution in [0, 0.1) is 0 Å². The van der Waals surface area contributed by atoms with Gasteiger partial charge in [-0.25, -0.2) is 19.9 Å². The second kappa shape index (κ2) is 6.90. The number of H-pyrrole nitrogens is 1.